The minimum atomic E-state index is -0.789. The van der Waals surface area contributed by atoms with Crippen LogP contribution in [0, 0.1) is 0 Å². The predicted molar refractivity (Wildman–Crippen MR) is 67.9 cm³/mol. The second-order valence-electron chi connectivity index (χ2n) is 5.02. The molecule has 0 amide bonds. The van der Waals surface area contributed by atoms with Gasteiger partial charge in [0.2, 0.25) is 5.65 Å². The first-order chi connectivity index (χ1) is 9.19. The van der Waals surface area contributed by atoms with Gasteiger partial charge < -0.3 is 10.4 Å². The third-order valence-corrected chi connectivity index (χ3v) is 3.65. The Bertz CT molecular complexity index is 603. The van der Waals surface area contributed by atoms with Crippen molar-refractivity contribution in [3.8, 4) is 0 Å². The molecule has 2 aromatic heterocycles. The molecule has 0 atom stereocenters. The third kappa shape index (κ3) is 2.23. The standard InChI is InChI=1S/C12H15N5O2/c18-9(19)7-12(3-1-2-4-12)15-10-11-16-14-8-17(11)6-5-13-10/h5-6,8H,1-4,7H2,(H,13,15)(H,18,19). The lowest BCUT2D eigenvalue weighted by atomic mass is 9.93. The fourth-order valence-electron chi connectivity index (χ4n) is 2.79. The number of nitrogens with one attached hydrogen (secondary N) is 1. The van der Waals surface area contributed by atoms with Crippen molar-refractivity contribution in [3.63, 3.8) is 0 Å². The van der Waals surface area contributed by atoms with Crippen LogP contribution in [0.15, 0.2) is 18.7 Å². The number of carbonyl (C=O) groups is 1. The number of rotatable bonds is 4. The SMILES string of the molecule is O=C(O)CC1(Nc2nccn3cnnc23)CCCC1. The summed E-state index contributed by atoms with van der Waals surface area (Å²) in [4.78, 5) is 15.3. The Morgan fingerprint density at radius 3 is 3.00 bits per heavy atom. The largest absolute Gasteiger partial charge is 0.481 e. The van der Waals surface area contributed by atoms with Crippen LogP contribution in [0.5, 0.6) is 0 Å². The highest BCUT2D eigenvalue weighted by Gasteiger charge is 2.36. The molecule has 1 aliphatic carbocycles. The topological polar surface area (TPSA) is 92.4 Å². The Morgan fingerprint density at radius 1 is 1.47 bits per heavy atom. The van der Waals surface area contributed by atoms with Gasteiger partial charge in [0.1, 0.15) is 6.33 Å². The molecule has 0 saturated heterocycles. The molecule has 0 bridgehead atoms. The number of carboxylic acids is 1. The van der Waals surface area contributed by atoms with Crippen LogP contribution in [0.25, 0.3) is 5.65 Å². The molecular formula is C12H15N5O2. The fraction of sp³-hybridized carbons (Fsp3) is 0.500. The van der Waals surface area contributed by atoms with Gasteiger partial charge in [-0.05, 0) is 12.8 Å². The summed E-state index contributed by atoms with van der Waals surface area (Å²) in [6.45, 7) is 0. The van der Waals surface area contributed by atoms with Crippen molar-refractivity contribution in [1.82, 2.24) is 19.6 Å². The lowest BCUT2D eigenvalue weighted by Gasteiger charge is -2.29. The second kappa shape index (κ2) is 4.49. The molecule has 100 valence electrons. The summed E-state index contributed by atoms with van der Waals surface area (Å²) in [6, 6.07) is 0. The first-order valence-corrected chi connectivity index (χ1v) is 6.33. The molecule has 0 radical (unpaired) electrons. The number of aromatic nitrogens is 4. The molecule has 0 spiro atoms. The Kier molecular flexibility index (Phi) is 2.81. The van der Waals surface area contributed by atoms with Crippen molar-refractivity contribution >= 4 is 17.4 Å². The van der Waals surface area contributed by atoms with E-state index in [2.05, 4.69) is 20.5 Å². The van der Waals surface area contributed by atoms with Gasteiger partial charge in [-0.1, -0.05) is 12.8 Å². The minimum absolute atomic E-state index is 0.101. The van der Waals surface area contributed by atoms with Gasteiger partial charge in [-0.15, -0.1) is 10.2 Å². The van der Waals surface area contributed by atoms with E-state index in [-0.39, 0.29) is 6.42 Å². The third-order valence-electron chi connectivity index (χ3n) is 3.65. The van der Waals surface area contributed by atoms with E-state index in [0.29, 0.717) is 11.5 Å². The highest BCUT2D eigenvalue weighted by molar-refractivity contribution is 5.71. The lowest BCUT2D eigenvalue weighted by molar-refractivity contribution is -0.138. The maximum absolute atomic E-state index is 11.1. The number of hydrogen-bond donors (Lipinski definition) is 2. The zero-order chi connectivity index (χ0) is 13.3. The van der Waals surface area contributed by atoms with Crippen molar-refractivity contribution in [1.29, 1.82) is 0 Å². The molecule has 7 nitrogen and oxygen atoms in total. The van der Waals surface area contributed by atoms with Crippen molar-refractivity contribution in [3.05, 3.63) is 18.7 Å². The first kappa shape index (κ1) is 11.9. The molecule has 2 aromatic rings. The van der Waals surface area contributed by atoms with Crippen molar-refractivity contribution in [2.24, 2.45) is 0 Å². The summed E-state index contributed by atoms with van der Waals surface area (Å²) in [6.07, 6.45) is 8.88. The summed E-state index contributed by atoms with van der Waals surface area (Å²) >= 11 is 0. The first-order valence-electron chi connectivity index (χ1n) is 6.33. The van der Waals surface area contributed by atoms with Crippen LogP contribution in [-0.4, -0.2) is 36.2 Å². The molecule has 1 saturated carbocycles. The summed E-state index contributed by atoms with van der Waals surface area (Å²) in [7, 11) is 0. The lowest BCUT2D eigenvalue weighted by Crippen LogP contribution is -2.38. The van der Waals surface area contributed by atoms with Crippen LogP contribution in [0.1, 0.15) is 32.1 Å². The van der Waals surface area contributed by atoms with E-state index in [9.17, 15) is 4.79 Å². The normalized spacial score (nSPS) is 17.7. The van der Waals surface area contributed by atoms with Gasteiger partial charge in [0, 0.05) is 17.9 Å². The van der Waals surface area contributed by atoms with Crippen LogP contribution < -0.4 is 5.32 Å². The van der Waals surface area contributed by atoms with E-state index in [1.807, 2.05) is 0 Å². The average molecular weight is 261 g/mol. The van der Waals surface area contributed by atoms with Crippen molar-refractivity contribution in [2.45, 2.75) is 37.6 Å². The summed E-state index contributed by atoms with van der Waals surface area (Å²) in [5.41, 5.74) is 0.214. The Hall–Kier alpha value is -2.18. The van der Waals surface area contributed by atoms with Gasteiger partial charge in [-0.25, -0.2) is 4.98 Å². The minimum Gasteiger partial charge on any atom is -0.481 e. The summed E-state index contributed by atoms with van der Waals surface area (Å²) in [5, 5.41) is 20.2. The monoisotopic (exact) mass is 261 g/mol. The Balaban J connectivity index is 1.93. The van der Waals surface area contributed by atoms with Gasteiger partial charge in [-0.3, -0.25) is 9.20 Å². The predicted octanol–water partition coefficient (Wildman–Crippen LogP) is 1.32. The molecule has 1 fully saturated rings. The molecule has 2 N–H and O–H groups in total. The molecule has 0 unspecified atom stereocenters. The summed E-state index contributed by atoms with van der Waals surface area (Å²) < 4.78 is 1.76. The van der Waals surface area contributed by atoms with Gasteiger partial charge >= 0.3 is 5.97 Å². The molecule has 7 heteroatoms. The van der Waals surface area contributed by atoms with Crippen molar-refractivity contribution < 1.29 is 9.90 Å². The van der Waals surface area contributed by atoms with E-state index in [0.717, 1.165) is 25.7 Å². The van der Waals surface area contributed by atoms with Gasteiger partial charge in [-0.2, -0.15) is 0 Å². The molecule has 19 heavy (non-hydrogen) atoms. The van der Waals surface area contributed by atoms with E-state index in [1.54, 1.807) is 23.1 Å². The number of aliphatic carboxylic acids is 1. The van der Waals surface area contributed by atoms with Crippen LogP contribution >= 0.6 is 0 Å². The summed E-state index contributed by atoms with van der Waals surface area (Å²) in [5.74, 6) is -0.189. The number of hydrogen-bond acceptors (Lipinski definition) is 5. The van der Waals surface area contributed by atoms with Crippen molar-refractivity contribution in [2.75, 3.05) is 5.32 Å². The van der Waals surface area contributed by atoms with Crippen LogP contribution in [0.2, 0.25) is 0 Å². The highest BCUT2D eigenvalue weighted by Crippen LogP contribution is 2.36. The van der Waals surface area contributed by atoms with Gasteiger partial charge in [0.25, 0.3) is 0 Å². The van der Waals surface area contributed by atoms with Crippen LogP contribution in [0.4, 0.5) is 5.82 Å². The van der Waals surface area contributed by atoms with E-state index >= 15 is 0 Å². The quantitative estimate of drug-likeness (QED) is 0.862. The second-order valence-corrected chi connectivity index (χ2v) is 5.02. The molecule has 0 aliphatic heterocycles. The molecule has 0 aromatic carbocycles. The smallest absolute Gasteiger partial charge is 0.305 e. The van der Waals surface area contributed by atoms with Crippen LogP contribution in [0.3, 0.4) is 0 Å². The molecule has 1 aliphatic rings. The maximum Gasteiger partial charge on any atom is 0.305 e. The number of fused-ring (bicyclic) bond motifs is 1. The number of nitrogens with zero attached hydrogens (tertiary/aromatic N) is 4. The zero-order valence-electron chi connectivity index (χ0n) is 10.4. The molecular weight excluding hydrogens is 246 g/mol. The Morgan fingerprint density at radius 2 is 2.26 bits per heavy atom. The Labute approximate surface area is 109 Å². The van der Waals surface area contributed by atoms with Crippen LogP contribution in [-0.2, 0) is 4.79 Å². The van der Waals surface area contributed by atoms with E-state index in [1.165, 1.54) is 0 Å². The average Bonchev–Trinajstić information content (AvgIpc) is 2.98. The highest BCUT2D eigenvalue weighted by atomic mass is 16.4. The van der Waals surface area contributed by atoms with E-state index in [4.69, 9.17) is 5.11 Å². The van der Waals surface area contributed by atoms with E-state index < -0.39 is 11.5 Å². The number of carboxylic acid groups (broad SMARTS) is 1. The molecule has 3 rings (SSSR count). The fourth-order valence-corrected chi connectivity index (χ4v) is 2.79. The molecule has 2 heterocycles. The van der Waals surface area contributed by atoms with Gasteiger partial charge in [0.15, 0.2) is 5.82 Å². The maximum atomic E-state index is 11.1. The number of anilines is 1. The van der Waals surface area contributed by atoms with Gasteiger partial charge in [0.05, 0.1) is 6.42 Å². The zero-order valence-corrected chi connectivity index (χ0v) is 10.4.